The van der Waals surface area contributed by atoms with Crippen molar-refractivity contribution in [3.8, 4) is 5.75 Å². The Morgan fingerprint density at radius 3 is 2.17 bits per heavy atom. The highest BCUT2D eigenvalue weighted by Gasteiger charge is 2.24. The first-order valence-corrected chi connectivity index (χ1v) is 9.75. The van der Waals surface area contributed by atoms with Gasteiger partial charge in [-0.25, -0.2) is 0 Å². The van der Waals surface area contributed by atoms with E-state index in [1.54, 1.807) is 11.8 Å². The topological polar surface area (TPSA) is 57.5 Å². The van der Waals surface area contributed by atoms with Crippen molar-refractivity contribution in [2.45, 2.75) is 71.6 Å². The summed E-state index contributed by atoms with van der Waals surface area (Å²) in [5.74, 6) is 1.24. The monoisotopic (exact) mass is 352 g/mol. The summed E-state index contributed by atoms with van der Waals surface area (Å²) in [6.45, 7) is 13.0. The van der Waals surface area contributed by atoms with Gasteiger partial charge in [-0.1, -0.05) is 53.7 Å². The standard InChI is InChI=1S/C20H32O3S/c1-19(2,3)15-12-14(8-7-10-24-11-9-17(21)22)18(23)16(13-15)20(4,5)6/h12-13,23H,7-11H2,1-6H3,(H,21,22). The summed E-state index contributed by atoms with van der Waals surface area (Å²) in [5, 5.41) is 19.4. The molecule has 0 aromatic heterocycles. The first kappa shape index (κ1) is 20.9. The Labute approximate surface area is 150 Å². The average molecular weight is 353 g/mol. The number of aromatic hydroxyl groups is 1. The molecule has 0 bridgehead atoms. The van der Waals surface area contributed by atoms with Crippen LogP contribution in [-0.4, -0.2) is 27.7 Å². The van der Waals surface area contributed by atoms with E-state index in [9.17, 15) is 9.90 Å². The fraction of sp³-hybridized carbons (Fsp3) is 0.650. The van der Waals surface area contributed by atoms with E-state index in [1.165, 1.54) is 5.56 Å². The Hall–Kier alpha value is -1.16. The lowest BCUT2D eigenvalue weighted by atomic mass is 9.78. The lowest BCUT2D eigenvalue weighted by molar-refractivity contribution is -0.136. The van der Waals surface area contributed by atoms with Crippen molar-refractivity contribution in [1.29, 1.82) is 0 Å². The van der Waals surface area contributed by atoms with Crippen LogP contribution in [0, 0.1) is 0 Å². The van der Waals surface area contributed by atoms with Crippen LogP contribution >= 0.6 is 11.8 Å². The fourth-order valence-corrected chi connectivity index (χ4v) is 3.39. The Kier molecular flexibility index (Phi) is 7.21. The van der Waals surface area contributed by atoms with E-state index in [0.717, 1.165) is 29.7 Å². The van der Waals surface area contributed by atoms with Gasteiger partial charge in [0.1, 0.15) is 5.75 Å². The summed E-state index contributed by atoms with van der Waals surface area (Å²) in [5.41, 5.74) is 3.20. The minimum atomic E-state index is -0.743. The van der Waals surface area contributed by atoms with Crippen LogP contribution in [-0.2, 0) is 22.0 Å². The molecule has 2 N–H and O–H groups in total. The zero-order valence-electron chi connectivity index (χ0n) is 15.9. The Balaban J connectivity index is 2.87. The van der Waals surface area contributed by atoms with E-state index in [1.807, 2.05) is 0 Å². The third-order valence-electron chi connectivity index (χ3n) is 4.06. The van der Waals surface area contributed by atoms with E-state index in [0.29, 0.717) is 11.5 Å². The number of phenolic OH excluding ortho intramolecular Hbond substituents is 1. The fourth-order valence-electron chi connectivity index (χ4n) is 2.52. The number of hydrogen-bond acceptors (Lipinski definition) is 3. The molecule has 0 aliphatic heterocycles. The van der Waals surface area contributed by atoms with Crippen LogP contribution < -0.4 is 0 Å². The number of rotatable bonds is 7. The average Bonchev–Trinajstić information content (AvgIpc) is 2.41. The molecule has 0 radical (unpaired) electrons. The minimum Gasteiger partial charge on any atom is -0.507 e. The summed E-state index contributed by atoms with van der Waals surface area (Å²) >= 11 is 1.66. The molecule has 1 aromatic rings. The second kappa shape index (κ2) is 8.28. The second-order valence-corrected chi connectivity index (χ2v) is 9.62. The molecular formula is C20H32O3S. The molecular weight excluding hydrogens is 320 g/mol. The number of aryl methyl sites for hydroxylation is 1. The van der Waals surface area contributed by atoms with E-state index < -0.39 is 5.97 Å². The second-order valence-electron chi connectivity index (χ2n) is 8.39. The first-order chi connectivity index (χ1) is 10.9. The number of carboxylic acid groups (broad SMARTS) is 1. The quantitative estimate of drug-likeness (QED) is 0.668. The van der Waals surface area contributed by atoms with Crippen molar-refractivity contribution in [2.24, 2.45) is 0 Å². The van der Waals surface area contributed by atoms with Crippen LogP contribution in [0.15, 0.2) is 12.1 Å². The molecule has 0 saturated carbocycles. The molecule has 3 nitrogen and oxygen atoms in total. The van der Waals surface area contributed by atoms with Gasteiger partial charge in [0.05, 0.1) is 6.42 Å². The molecule has 0 unspecified atom stereocenters. The summed E-state index contributed by atoms with van der Waals surface area (Å²) in [4.78, 5) is 10.5. The number of benzene rings is 1. The number of carboxylic acids is 1. The number of phenols is 1. The van der Waals surface area contributed by atoms with Gasteiger partial charge in [-0.3, -0.25) is 4.79 Å². The van der Waals surface area contributed by atoms with Crippen LogP contribution in [0.2, 0.25) is 0 Å². The van der Waals surface area contributed by atoms with Gasteiger partial charge in [0.2, 0.25) is 0 Å². The number of thioether (sulfide) groups is 1. The lowest BCUT2D eigenvalue weighted by Gasteiger charge is -2.27. The minimum absolute atomic E-state index is 0.0404. The van der Waals surface area contributed by atoms with Crippen LogP contribution in [0.5, 0.6) is 5.75 Å². The van der Waals surface area contributed by atoms with Gasteiger partial charge in [0.25, 0.3) is 0 Å². The van der Waals surface area contributed by atoms with Gasteiger partial charge in [-0.2, -0.15) is 11.8 Å². The molecule has 0 heterocycles. The SMILES string of the molecule is CC(C)(C)c1cc(CCCSCCC(=O)O)c(O)c(C(C)(C)C)c1. The molecule has 24 heavy (non-hydrogen) atoms. The molecule has 1 aromatic carbocycles. The highest BCUT2D eigenvalue weighted by molar-refractivity contribution is 7.99. The van der Waals surface area contributed by atoms with Crippen molar-refractivity contribution in [3.63, 3.8) is 0 Å². The molecule has 0 spiro atoms. The van der Waals surface area contributed by atoms with Gasteiger partial charge >= 0.3 is 5.97 Å². The summed E-state index contributed by atoms with van der Waals surface area (Å²) in [6, 6.07) is 4.27. The van der Waals surface area contributed by atoms with Gasteiger partial charge in [-0.15, -0.1) is 0 Å². The molecule has 1 rings (SSSR count). The maximum atomic E-state index is 10.7. The maximum Gasteiger partial charge on any atom is 0.304 e. The molecule has 136 valence electrons. The highest BCUT2D eigenvalue weighted by atomic mass is 32.2. The van der Waals surface area contributed by atoms with Gasteiger partial charge in [0.15, 0.2) is 0 Å². The number of carbonyl (C=O) groups is 1. The van der Waals surface area contributed by atoms with E-state index >= 15 is 0 Å². The van der Waals surface area contributed by atoms with Crippen molar-refractivity contribution < 1.29 is 15.0 Å². The maximum absolute atomic E-state index is 10.7. The van der Waals surface area contributed by atoms with Gasteiger partial charge < -0.3 is 10.2 Å². The van der Waals surface area contributed by atoms with Gasteiger partial charge in [0, 0.05) is 5.75 Å². The molecule has 0 aliphatic carbocycles. The molecule has 0 aliphatic rings. The van der Waals surface area contributed by atoms with E-state index in [2.05, 4.69) is 53.7 Å². The normalized spacial score (nSPS) is 12.4. The number of hydrogen-bond donors (Lipinski definition) is 2. The smallest absolute Gasteiger partial charge is 0.304 e. The van der Waals surface area contributed by atoms with Crippen LogP contribution in [0.3, 0.4) is 0 Å². The first-order valence-electron chi connectivity index (χ1n) is 8.59. The zero-order chi connectivity index (χ0) is 18.5. The predicted molar refractivity (Wildman–Crippen MR) is 103 cm³/mol. The van der Waals surface area contributed by atoms with Crippen molar-refractivity contribution in [3.05, 3.63) is 28.8 Å². The van der Waals surface area contributed by atoms with Crippen molar-refractivity contribution >= 4 is 17.7 Å². The molecule has 0 atom stereocenters. The zero-order valence-corrected chi connectivity index (χ0v) is 16.7. The third kappa shape index (κ3) is 6.39. The van der Waals surface area contributed by atoms with E-state index in [4.69, 9.17) is 5.11 Å². The Bertz CT molecular complexity index is 565. The molecule has 0 amide bonds. The lowest BCUT2D eigenvalue weighted by Crippen LogP contribution is -2.17. The summed E-state index contributed by atoms with van der Waals surface area (Å²) < 4.78 is 0. The molecule has 4 heteroatoms. The van der Waals surface area contributed by atoms with Crippen molar-refractivity contribution in [2.75, 3.05) is 11.5 Å². The summed E-state index contributed by atoms with van der Waals surface area (Å²) in [7, 11) is 0. The third-order valence-corrected chi connectivity index (χ3v) is 5.13. The van der Waals surface area contributed by atoms with E-state index in [-0.39, 0.29) is 17.3 Å². The molecule has 0 saturated heterocycles. The van der Waals surface area contributed by atoms with Crippen molar-refractivity contribution in [1.82, 2.24) is 0 Å². The number of aliphatic carboxylic acids is 1. The Morgan fingerprint density at radius 2 is 1.67 bits per heavy atom. The van der Waals surface area contributed by atoms with Gasteiger partial charge in [-0.05, 0) is 46.1 Å². The largest absolute Gasteiger partial charge is 0.507 e. The van der Waals surface area contributed by atoms with Crippen LogP contribution in [0.4, 0.5) is 0 Å². The highest BCUT2D eigenvalue weighted by Crippen LogP contribution is 2.38. The Morgan fingerprint density at radius 1 is 1.04 bits per heavy atom. The van der Waals surface area contributed by atoms with Crippen LogP contribution in [0.1, 0.15) is 71.1 Å². The summed E-state index contributed by atoms with van der Waals surface area (Å²) in [6.07, 6.45) is 1.97. The predicted octanol–water partition coefficient (Wildman–Crippen LogP) is 5.13. The molecule has 0 fully saturated rings. The van der Waals surface area contributed by atoms with Crippen LogP contribution in [0.25, 0.3) is 0 Å².